The fourth-order valence-corrected chi connectivity index (χ4v) is 2.00. The molecule has 106 valence electrons. The van der Waals surface area contributed by atoms with Crippen LogP contribution in [0, 0.1) is 0 Å². The van der Waals surface area contributed by atoms with Crippen molar-refractivity contribution in [1.29, 1.82) is 0 Å². The van der Waals surface area contributed by atoms with E-state index in [0.29, 0.717) is 0 Å². The zero-order valence-corrected chi connectivity index (χ0v) is 12.2. The highest BCUT2D eigenvalue weighted by molar-refractivity contribution is 5.35. The molecule has 2 rings (SSSR count). The van der Waals surface area contributed by atoms with E-state index in [1.165, 1.54) is 0 Å². The van der Waals surface area contributed by atoms with Gasteiger partial charge in [-0.25, -0.2) is 9.97 Å². The number of ether oxygens (including phenoxy) is 1. The first-order valence-electron chi connectivity index (χ1n) is 6.89. The summed E-state index contributed by atoms with van der Waals surface area (Å²) in [6.07, 6.45) is 5.36. The lowest BCUT2D eigenvalue weighted by molar-refractivity contribution is 0.238. The fourth-order valence-electron chi connectivity index (χ4n) is 2.00. The minimum Gasteiger partial charge on any atom is -0.491 e. The molecule has 0 radical (unpaired) electrons. The van der Waals surface area contributed by atoms with E-state index in [2.05, 4.69) is 28.3 Å². The second-order valence-electron chi connectivity index (χ2n) is 5.05. The number of hydrogen-bond donors (Lipinski definition) is 1. The molecule has 0 fully saturated rings. The lowest BCUT2D eigenvalue weighted by Crippen LogP contribution is -2.19. The van der Waals surface area contributed by atoms with Crippen LogP contribution in [0.1, 0.15) is 37.9 Å². The highest BCUT2D eigenvalue weighted by atomic mass is 16.5. The Bertz CT molecular complexity index is 528. The van der Waals surface area contributed by atoms with Crippen LogP contribution >= 0.6 is 0 Å². The van der Waals surface area contributed by atoms with Gasteiger partial charge in [0, 0.05) is 36.1 Å². The normalized spacial score (nSPS) is 12.4. The van der Waals surface area contributed by atoms with Crippen molar-refractivity contribution in [2.24, 2.45) is 0 Å². The number of aromatic nitrogens is 2. The summed E-state index contributed by atoms with van der Waals surface area (Å²) in [6.45, 7) is 6.94. The molecular weight excluding hydrogens is 250 g/mol. The summed E-state index contributed by atoms with van der Waals surface area (Å²) in [5.74, 6) is 0.937. The van der Waals surface area contributed by atoms with Crippen molar-refractivity contribution >= 4 is 0 Å². The number of nitrogens with zero attached hydrogens (tertiary/aromatic N) is 2. The Kier molecular flexibility index (Phi) is 5.07. The summed E-state index contributed by atoms with van der Waals surface area (Å²) < 4.78 is 5.85. The van der Waals surface area contributed by atoms with Gasteiger partial charge in [0.05, 0.1) is 6.10 Å². The number of para-hydroxylation sites is 1. The van der Waals surface area contributed by atoms with Crippen LogP contribution in [0.3, 0.4) is 0 Å². The molecule has 4 heteroatoms. The second kappa shape index (κ2) is 7.01. The van der Waals surface area contributed by atoms with Crippen LogP contribution < -0.4 is 10.1 Å². The lowest BCUT2D eigenvalue weighted by Gasteiger charge is -2.19. The Morgan fingerprint density at radius 2 is 1.80 bits per heavy atom. The van der Waals surface area contributed by atoms with Crippen molar-refractivity contribution in [3.05, 3.63) is 54.1 Å². The van der Waals surface area contributed by atoms with Gasteiger partial charge in [-0.2, -0.15) is 0 Å². The van der Waals surface area contributed by atoms with E-state index >= 15 is 0 Å². The number of benzene rings is 1. The third kappa shape index (κ3) is 4.03. The molecule has 0 aliphatic heterocycles. The van der Waals surface area contributed by atoms with E-state index in [0.717, 1.165) is 23.4 Å². The van der Waals surface area contributed by atoms with Crippen molar-refractivity contribution < 1.29 is 4.74 Å². The molecule has 20 heavy (non-hydrogen) atoms. The predicted molar refractivity (Wildman–Crippen MR) is 79.5 cm³/mol. The molecule has 0 saturated carbocycles. The first-order chi connectivity index (χ1) is 9.66. The molecule has 0 bridgehead atoms. The maximum atomic E-state index is 5.85. The molecule has 1 heterocycles. The monoisotopic (exact) mass is 271 g/mol. The average Bonchev–Trinajstić information content (AvgIpc) is 2.46. The van der Waals surface area contributed by atoms with Crippen molar-refractivity contribution in [2.45, 2.75) is 39.5 Å². The maximum absolute atomic E-state index is 5.85. The van der Waals surface area contributed by atoms with E-state index < -0.39 is 0 Å². The van der Waals surface area contributed by atoms with Gasteiger partial charge in [-0.3, -0.25) is 0 Å². The summed E-state index contributed by atoms with van der Waals surface area (Å²) in [4.78, 5) is 8.03. The van der Waals surface area contributed by atoms with Crippen LogP contribution in [0.5, 0.6) is 5.75 Å². The van der Waals surface area contributed by atoms with E-state index in [9.17, 15) is 0 Å². The van der Waals surface area contributed by atoms with Gasteiger partial charge in [0.25, 0.3) is 0 Å². The summed E-state index contributed by atoms with van der Waals surface area (Å²) in [7, 11) is 0. The Balaban J connectivity index is 2.03. The predicted octanol–water partition coefficient (Wildman–Crippen LogP) is 3.11. The molecule has 1 N–H and O–H groups in total. The van der Waals surface area contributed by atoms with Crippen molar-refractivity contribution in [2.75, 3.05) is 0 Å². The first kappa shape index (κ1) is 14.5. The van der Waals surface area contributed by atoms with Gasteiger partial charge in [-0.1, -0.05) is 18.2 Å². The maximum Gasteiger partial charge on any atom is 0.124 e. The molecule has 0 spiro atoms. The zero-order chi connectivity index (χ0) is 14.4. The van der Waals surface area contributed by atoms with E-state index in [-0.39, 0.29) is 12.1 Å². The molecule has 0 aliphatic carbocycles. The molecule has 0 aliphatic rings. The summed E-state index contributed by atoms with van der Waals surface area (Å²) in [5, 5.41) is 3.47. The highest BCUT2D eigenvalue weighted by Gasteiger charge is 2.11. The van der Waals surface area contributed by atoms with Crippen molar-refractivity contribution in [3.63, 3.8) is 0 Å². The van der Waals surface area contributed by atoms with E-state index in [1.54, 1.807) is 6.33 Å². The van der Waals surface area contributed by atoms with Gasteiger partial charge in [0.2, 0.25) is 0 Å². The Hall–Kier alpha value is -1.94. The molecule has 2 aromatic rings. The number of hydrogen-bond acceptors (Lipinski definition) is 4. The summed E-state index contributed by atoms with van der Waals surface area (Å²) >= 11 is 0. The van der Waals surface area contributed by atoms with E-state index in [1.807, 2.05) is 44.4 Å². The molecule has 1 atom stereocenters. The third-order valence-electron chi connectivity index (χ3n) is 2.97. The first-order valence-corrected chi connectivity index (χ1v) is 6.89. The second-order valence-corrected chi connectivity index (χ2v) is 5.05. The van der Waals surface area contributed by atoms with Crippen molar-refractivity contribution in [3.8, 4) is 5.75 Å². The van der Waals surface area contributed by atoms with Crippen LogP contribution in [0.25, 0.3) is 0 Å². The molecule has 1 aromatic heterocycles. The Morgan fingerprint density at radius 3 is 2.50 bits per heavy atom. The molecular formula is C16H21N3O. The Labute approximate surface area is 120 Å². The smallest absolute Gasteiger partial charge is 0.124 e. The van der Waals surface area contributed by atoms with Gasteiger partial charge in [-0.15, -0.1) is 0 Å². The molecule has 0 amide bonds. The molecule has 1 unspecified atom stereocenters. The molecule has 1 aromatic carbocycles. The van der Waals surface area contributed by atoms with Crippen LogP contribution in [0.4, 0.5) is 0 Å². The minimum absolute atomic E-state index is 0.172. The van der Waals surface area contributed by atoms with Crippen molar-refractivity contribution in [1.82, 2.24) is 15.3 Å². The summed E-state index contributed by atoms with van der Waals surface area (Å²) in [6, 6.07) is 8.34. The fraction of sp³-hybridized carbons (Fsp3) is 0.375. The van der Waals surface area contributed by atoms with Crippen LogP contribution in [-0.2, 0) is 6.54 Å². The van der Waals surface area contributed by atoms with Gasteiger partial charge < -0.3 is 10.1 Å². The zero-order valence-electron chi connectivity index (χ0n) is 12.2. The van der Waals surface area contributed by atoms with Crippen LogP contribution in [-0.4, -0.2) is 16.1 Å². The van der Waals surface area contributed by atoms with Gasteiger partial charge in [-0.05, 0) is 26.8 Å². The standard InChI is InChI=1S/C16H21N3O/c1-12(2)20-16-7-5-4-6-15(16)13(3)19-10-14-8-17-11-18-9-14/h4-9,11-13,19H,10H2,1-3H3. The minimum atomic E-state index is 0.172. The summed E-state index contributed by atoms with van der Waals surface area (Å²) in [5.41, 5.74) is 2.24. The quantitative estimate of drug-likeness (QED) is 0.877. The highest BCUT2D eigenvalue weighted by Crippen LogP contribution is 2.25. The SMILES string of the molecule is CC(C)Oc1ccccc1C(C)NCc1cncnc1. The topological polar surface area (TPSA) is 47.0 Å². The largest absolute Gasteiger partial charge is 0.491 e. The van der Waals surface area contributed by atoms with Gasteiger partial charge in [0.1, 0.15) is 12.1 Å². The molecule has 4 nitrogen and oxygen atoms in total. The van der Waals surface area contributed by atoms with Crippen LogP contribution in [0.2, 0.25) is 0 Å². The third-order valence-corrected chi connectivity index (χ3v) is 2.97. The number of nitrogens with one attached hydrogen (secondary N) is 1. The number of rotatable bonds is 6. The molecule has 0 saturated heterocycles. The Morgan fingerprint density at radius 1 is 1.10 bits per heavy atom. The van der Waals surface area contributed by atoms with E-state index in [4.69, 9.17) is 4.74 Å². The van der Waals surface area contributed by atoms with Gasteiger partial charge in [0.15, 0.2) is 0 Å². The average molecular weight is 271 g/mol. The van der Waals surface area contributed by atoms with Crippen LogP contribution in [0.15, 0.2) is 43.0 Å². The lowest BCUT2D eigenvalue weighted by atomic mass is 10.1. The van der Waals surface area contributed by atoms with Gasteiger partial charge >= 0.3 is 0 Å².